The van der Waals surface area contributed by atoms with E-state index in [0.717, 1.165) is 84.1 Å². The molecule has 58 heavy (non-hydrogen) atoms. The highest BCUT2D eigenvalue weighted by atomic mass is 32.1. The number of allylic oxidation sites excluding steroid dienone is 1. The summed E-state index contributed by atoms with van der Waals surface area (Å²) in [4.78, 5) is 11.8. The zero-order valence-electron chi connectivity index (χ0n) is 31.7. The fourth-order valence-corrected chi connectivity index (χ4v) is 9.66. The summed E-state index contributed by atoms with van der Waals surface area (Å²) in [7, 11) is 0. The molecule has 10 aromatic rings. The number of nitrogens with zero attached hydrogens (tertiary/aromatic N) is 2. The number of fused-ring (bicyclic) bond motifs is 8. The van der Waals surface area contributed by atoms with Crippen LogP contribution in [0.2, 0.25) is 0 Å². The number of hydrogen-bond acceptors (Lipinski definition) is 3. The average Bonchev–Trinajstić information content (AvgIpc) is 3.86. The van der Waals surface area contributed by atoms with Crippen LogP contribution in [0.5, 0.6) is 0 Å². The molecule has 5 heteroatoms. The molecule has 2 heterocycles. The summed E-state index contributed by atoms with van der Waals surface area (Å²) in [5.74, 6) is 0.992. The lowest BCUT2D eigenvalue weighted by Gasteiger charge is -2.09. The largest absolute Gasteiger partial charge is 0.455 e. The van der Waals surface area contributed by atoms with Crippen LogP contribution >= 0.6 is 11.3 Å². The monoisotopic (exact) mass is 763 g/mol. The van der Waals surface area contributed by atoms with E-state index in [2.05, 4.69) is 152 Å². The Labute approximate surface area is 339 Å². The van der Waals surface area contributed by atoms with Gasteiger partial charge in [-0.25, -0.2) is 4.99 Å². The first-order valence-corrected chi connectivity index (χ1v) is 20.6. The average molecular weight is 764 g/mol. The molecule has 0 fully saturated rings. The van der Waals surface area contributed by atoms with E-state index in [1.807, 2.05) is 35.6 Å². The van der Waals surface area contributed by atoms with Gasteiger partial charge in [-0.1, -0.05) is 140 Å². The highest BCUT2D eigenvalue weighted by Crippen LogP contribution is 2.41. The van der Waals surface area contributed by atoms with Crippen LogP contribution in [0, 0.1) is 0 Å². The molecule has 2 aromatic heterocycles. The summed E-state index contributed by atoms with van der Waals surface area (Å²) in [5, 5.41) is 7.99. The Balaban J connectivity index is 1.01. The highest BCUT2D eigenvalue weighted by Gasteiger charge is 2.18. The fraction of sp³-hybridized carbons (Fsp3) is 0.0566. The molecule has 0 aliphatic heterocycles. The molecule has 0 amide bonds. The lowest BCUT2D eigenvalue weighted by atomic mass is 9.97. The molecular formula is C53H37N3OS. The number of amidine groups is 2. The van der Waals surface area contributed by atoms with Crippen LogP contribution in [-0.4, -0.2) is 11.7 Å². The fourth-order valence-electron chi connectivity index (χ4n) is 8.47. The first kappa shape index (κ1) is 34.2. The van der Waals surface area contributed by atoms with Crippen molar-refractivity contribution in [3.05, 3.63) is 197 Å². The molecule has 11 rings (SSSR count). The second kappa shape index (κ2) is 14.1. The van der Waals surface area contributed by atoms with Crippen molar-refractivity contribution < 1.29 is 4.42 Å². The van der Waals surface area contributed by atoms with Gasteiger partial charge >= 0.3 is 0 Å². The second-order valence-electron chi connectivity index (χ2n) is 15.0. The van der Waals surface area contributed by atoms with Crippen molar-refractivity contribution in [1.29, 1.82) is 0 Å². The van der Waals surface area contributed by atoms with Gasteiger partial charge in [-0.15, -0.1) is 11.3 Å². The second-order valence-corrected chi connectivity index (χ2v) is 16.1. The van der Waals surface area contributed by atoms with Gasteiger partial charge in [0.1, 0.15) is 17.0 Å². The standard InChI is InChI=1S/C53H37N3OS/c54-52(40-24-20-34-12-4-5-13-35(34)29-40)56-53(41-25-23-37-28-36(21-22-38(37)30-41)33-10-2-1-3-11-33)55-32-42-14-8-18-47-50(42)45-17-9-16-43(51(45)57-47)39-26-27-49-46(31-39)44-15-6-7-19-48(44)58-49/h1-6,8-18,20-31H,7,19,32H2,(H2,54,55,56). The minimum absolute atomic E-state index is 0.393. The van der Waals surface area contributed by atoms with Crippen molar-refractivity contribution in [2.75, 3.05) is 0 Å². The number of furan rings is 1. The Hall–Kier alpha value is -7.08. The normalized spacial score (nSPS) is 13.3. The third kappa shape index (κ3) is 6.08. The lowest BCUT2D eigenvalue weighted by Crippen LogP contribution is -2.16. The van der Waals surface area contributed by atoms with Gasteiger partial charge in [0.15, 0.2) is 5.84 Å². The summed E-state index contributed by atoms with van der Waals surface area (Å²) in [6.07, 6.45) is 6.82. The number of aryl methyl sites for hydroxylation is 1. The third-order valence-electron chi connectivity index (χ3n) is 11.4. The Kier molecular flexibility index (Phi) is 8.34. The Morgan fingerprint density at radius 3 is 2.31 bits per heavy atom. The van der Waals surface area contributed by atoms with Gasteiger partial charge in [-0.05, 0) is 98.6 Å². The minimum atomic E-state index is 0.393. The molecule has 0 saturated heterocycles. The number of nitrogens with two attached hydrogens (primary N) is 1. The summed E-state index contributed by atoms with van der Waals surface area (Å²) in [5.41, 5.74) is 17.4. The maximum absolute atomic E-state index is 6.83. The van der Waals surface area contributed by atoms with Crippen molar-refractivity contribution in [3.8, 4) is 22.3 Å². The summed E-state index contributed by atoms with van der Waals surface area (Å²) in [6, 6.07) is 57.5. The quantitative estimate of drug-likeness (QED) is 0.135. The topological polar surface area (TPSA) is 63.9 Å². The van der Waals surface area contributed by atoms with Gasteiger partial charge in [-0.2, -0.15) is 0 Å². The zero-order chi connectivity index (χ0) is 38.6. The van der Waals surface area contributed by atoms with Gasteiger partial charge in [0, 0.05) is 42.4 Å². The minimum Gasteiger partial charge on any atom is -0.455 e. The van der Waals surface area contributed by atoms with Gasteiger partial charge in [0.25, 0.3) is 0 Å². The number of thiophene rings is 1. The molecular weight excluding hydrogens is 727 g/mol. The molecule has 0 radical (unpaired) electrons. The van der Waals surface area contributed by atoms with E-state index in [1.54, 1.807) is 0 Å². The Bertz CT molecular complexity index is 3330. The molecule has 0 spiro atoms. The predicted molar refractivity (Wildman–Crippen MR) is 246 cm³/mol. The molecule has 0 atom stereocenters. The van der Waals surface area contributed by atoms with Crippen LogP contribution in [0.1, 0.15) is 33.6 Å². The molecule has 0 unspecified atom stereocenters. The van der Waals surface area contributed by atoms with Crippen LogP contribution in [0.4, 0.5) is 0 Å². The smallest absolute Gasteiger partial charge is 0.157 e. The van der Waals surface area contributed by atoms with Crippen molar-refractivity contribution in [2.45, 2.75) is 19.4 Å². The van der Waals surface area contributed by atoms with Crippen LogP contribution in [0.15, 0.2) is 184 Å². The van der Waals surface area contributed by atoms with E-state index in [0.29, 0.717) is 18.2 Å². The maximum Gasteiger partial charge on any atom is 0.157 e. The molecule has 0 bridgehead atoms. The van der Waals surface area contributed by atoms with E-state index in [4.69, 9.17) is 20.1 Å². The summed E-state index contributed by atoms with van der Waals surface area (Å²) in [6.45, 7) is 0.393. The number of aliphatic imine (C=N–C) groups is 2. The van der Waals surface area contributed by atoms with Crippen LogP contribution < -0.4 is 5.73 Å². The van der Waals surface area contributed by atoms with Crippen molar-refractivity contribution >= 4 is 82.7 Å². The maximum atomic E-state index is 6.83. The van der Waals surface area contributed by atoms with E-state index in [1.165, 1.54) is 31.7 Å². The first-order chi connectivity index (χ1) is 28.6. The Morgan fingerprint density at radius 1 is 0.621 bits per heavy atom. The van der Waals surface area contributed by atoms with Gasteiger partial charge in [0.2, 0.25) is 0 Å². The number of benzene rings is 8. The van der Waals surface area contributed by atoms with Crippen LogP contribution in [-0.2, 0) is 13.0 Å². The van der Waals surface area contributed by atoms with Gasteiger partial charge in [0.05, 0.1) is 6.54 Å². The predicted octanol–water partition coefficient (Wildman–Crippen LogP) is 13.8. The highest BCUT2D eigenvalue weighted by molar-refractivity contribution is 7.19. The van der Waals surface area contributed by atoms with E-state index < -0.39 is 0 Å². The van der Waals surface area contributed by atoms with Crippen LogP contribution in [0.25, 0.3) is 81.9 Å². The van der Waals surface area contributed by atoms with Gasteiger partial charge < -0.3 is 10.2 Å². The van der Waals surface area contributed by atoms with E-state index in [-0.39, 0.29) is 0 Å². The molecule has 1 aliphatic rings. The molecule has 8 aromatic carbocycles. The third-order valence-corrected chi connectivity index (χ3v) is 12.7. The van der Waals surface area contributed by atoms with E-state index >= 15 is 0 Å². The zero-order valence-corrected chi connectivity index (χ0v) is 32.5. The lowest BCUT2D eigenvalue weighted by molar-refractivity contribution is 0.669. The molecule has 0 saturated carbocycles. The SMILES string of the molecule is N/C(=N\C(=N/Cc1cccc2oc3c(-c4ccc5sc6c(c5c4)C=CCC6)cccc3c12)c1ccc2cc(-c3ccccc3)ccc2c1)c1ccc2ccccc2c1. The number of rotatable bonds is 6. The molecule has 4 nitrogen and oxygen atoms in total. The summed E-state index contributed by atoms with van der Waals surface area (Å²) < 4.78 is 8.05. The molecule has 1 aliphatic carbocycles. The number of para-hydroxylation sites is 1. The Morgan fingerprint density at radius 2 is 1.38 bits per heavy atom. The number of hydrogen-bond donors (Lipinski definition) is 1. The van der Waals surface area contributed by atoms with Crippen LogP contribution in [0.3, 0.4) is 0 Å². The van der Waals surface area contributed by atoms with Crippen molar-refractivity contribution in [2.24, 2.45) is 15.7 Å². The van der Waals surface area contributed by atoms with Crippen molar-refractivity contribution in [1.82, 2.24) is 0 Å². The van der Waals surface area contributed by atoms with Crippen molar-refractivity contribution in [3.63, 3.8) is 0 Å². The molecule has 2 N–H and O–H groups in total. The first-order valence-electron chi connectivity index (χ1n) is 19.8. The van der Waals surface area contributed by atoms with Gasteiger partial charge in [-0.3, -0.25) is 4.99 Å². The molecule has 276 valence electrons. The summed E-state index contributed by atoms with van der Waals surface area (Å²) >= 11 is 1.92. The van der Waals surface area contributed by atoms with E-state index in [9.17, 15) is 0 Å².